The van der Waals surface area contributed by atoms with Gasteiger partial charge in [-0.3, -0.25) is 0 Å². The Morgan fingerprint density at radius 3 is 2.67 bits per heavy atom. The number of fused-ring (bicyclic) bond motifs is 1. The first-order valence-corrected chi connectivity index (χ1v) is 3.93. The molecule has 0 aliphatic heterocycles. The molecule has 12 heavy (non-hydrogen) atoms. The van der Waals surface area contributed by atoms with Crippen molar-refractivity contribution in [1.82, 2.24) is 0 Å². The first kappa shape index (κ1) is 7.29. The molecule has 0 spiro atoms. The van der Waals surface area contributed by atoms with Gasteiger partial charge in [-0.05, 0) is 24.1 Å². The van der Waals surface area contributed by atoms with E-state index in [0.29, 0.717) is 5.56 Å². The lowest BCUT2D eigenvalue weighted by Gasteiger charge is -1.89. The number of hydrogen-bond acceptors (Lipinski definition) is 0. The summed E-state index contributed by atoms with van der Waals surface area (Å²) in [6, 6.07) is 11.3. The summed E-state index contributed by atoms with van der Waals surface area (Å²) < 4.78 is 13.3. The predicted octanol–water partition coefficient (Wildman–Crippen LogP) is 3.24. The fraction of sp³-hybridized carbons (Fsp3) is 0.0909. The van der Waals surface area contributed by atoms with Crippen molar-refractivity contribution < 1.29 is 4.39 Å². The van der Waals surface area contributed by atoms with E-state index in [2.05, 4.69) is 0 Å². The molecule has 1 heteroatoms. The molecule has 0 radical (unpaired) electrons. The Balaban J connectivity index is 2.79. The van der Waals surface area contributed by atoms with Crippen LogP contribution >= 0.6 is 0 Å². The Hall–Kier alpha value is -1.37. The van der Waals surface area contributed by atoms with Gasteiger partial charge in [-0.2, -0.15) is 0 Å². The SMILES string of the molecule is Cc1cc2cccccc-2c1F. The lowest BCUT2D eigenvalue weighted by molar-refractivity contribution is 0.627. The van der Waals surface area contributed by atoms with Gasteiger partial charge in [-0.25, -0.2) is 4.39 Å². The molecular weight excluding hydrogens is 151 g/mol. The molecular formula is C11H9F. The van der Waals surface area contributed by atoms with E-state index in [1.54, 1.807) is 13.0 Å². The fourth-order valence-corrected chi connectivity index (χ4v) is 1.40. The zero-order valence-electron chi connectivity index (χ0n) is 6.84. The van der Waals surface area contributed by atoms with Gasteiger partial charge in [-0.15, -0.1) is 0 Å². The first-order valence-electron chi connectivity index (χ1n) is 3.93. The topological polar surface area (TPSA) is 0 Å². The maximum Gasteiger partial charge on any atom is 0.133 e. The molecule has 0 unspecified atom stereocenters. The molecule has 0 saturated carbocycles. The van der Waals surface area contributed by atoms with Crippen LogP contribution in [0.1, 0.15) is 5.56 Å². The predicted molar refractivity (Wildman–Crippen MR) is 47.8 cm³/mol. The molecule has 0 aromatic heterocycles. The van der Waals surface area contributed by atoms with E-state index in [4.69, 9.17) is 0 Å². The van der Waals surface area contributed by atoms with Gasteiger partial charge in [0.15, 0.2) is 0 Å². The Labute approximate surface area is 71.0 Å². The van der Waals surface area contributed by atoms with Crippen molar-refractivity contribution in [2.75, 3.05) is 0 Å². The van der Waals surface area contributed by atoms with Crippen LogP contribution in [-0.2, 0) is 0 Å². The molecule has 0 atom stereocenters. The van der Waals surface area contributed by atoms with Crippen LogP contribution in [0.2, 0.25) is 0 Å². The van der Waals surface area contributed by atoms with Crippen molar-refractivity contribution in [3.63, 3.8) is 0 Å². The van der Waals surface area contributed by atoms with E-state index in [9.17, 15) is 4.39 Å². The summed E-state index contributed by atoms with van der Waals surface area (Å²) in [7, 11) is 0. The Morgan fingerprint density at radius 2 is 1.83 bits per heavy atom. The lowest BCUT2D eigenvalue weighted by atomic mass is 10.2. The van der Waals surface area contributed by atoms with Crippen molar-refractivity contribution in [2.24, 2.45) is 0 Å². The Bertz CT molecular complexity index is 379. The lowest BCUT2D eigenvalue weighted by Crippen LogP contribution is -1.72. The summed E-state index contributed by atoms with van der Waals surface area (Å²) in [5, 5.41) is 0. The van der Waals surface area contributed by atoms with E-state index in [1.807, 2.05) is 30.3 Å². The van der Waals surface area contributed by atoms with Crippen LogP contribution in [0, 0.1) is 12.7 Å². The second kappa shape index (κ2) is 2.59. The van der Waals surface area contributed by atoms with Crippen molar-refractivity contribution in [2.45, 2.75) is 6.92 Å². The minimum atomic E-state index is -0.0961. The summed E-state index contributed by atoms with van der Waals surface area (Å²) in [5.74, 6) is -0.0961. The highest BCUT2D eigenvalue weighted by molar-refractivity contribution is 5.68. The van der Waals surface area contributed by atoms with Gasteiger partial charge >= 0.3 is 0 Å². The zero-order chi connectivity index (χ0) is 8.55. The summed E-state index contributed by atoms with van der Waals surface area (Å²) >= 11 is 0. The summed E-state index contributed by atoms with van der Waals surface area (Å²) in [6.07, 6.45) is 0. The molecule has 0 nitrogen and oxygen atoms in total. The number of hydrogen-bond donors (Lipinski definition) is 0. The molecule has 0 N–H and O–H groups in total. The highest BCUT2D eigenvalue weighted by Crippen LogP contribution is 2.28. The van der Waals surface area contributed by atoms with Crippen molar-refractivity contribution in [1.29, 1.82) is 0 Å². The van der Waals surface area contributed by atoms with E-state index >= 15 is 0 Å². The highest BCUT2D eigenvalue weighted by Gasteiger charge is 2.10. The molecule has 2 rings (SSSR count). The standard InChI is InChI=1S/C11H9F/c1-8-7-9-5-3-2-4-6-10(9)11(8)12/h2-7H,1H3. The summed E-state index contributed by atoms with van der Waals surface area (Å²) in [5.41, 5.74) is 2.39. The molecule has 60 valence electrons. The minimum absolute atomic E-state index is 0.0961. The van der Waals surface area contributed by atoms with Gasteiger partial charge < -0.3 is 0 Å². The number of halogens is 1. The van der Waals surface area contributed by atoms with E-state index < -0.39 is 0 Å². The van der Waals surface area contributed by atoms with E-state index in [0.717, 1.165) is 11.1 Å². The van der Waals surface area contributed by atoms with Gasteiger partial charge in [0.1, 0.15) is 5.82 Å². The normalized spacial score (nSPS) is 10.5. The van der Waals surface area contributed by atoms with Crippen LogP contribution in [0.15, 0.2) is 36.4 Å². The monoisotopic (exact) mass is 160 g/mol. The van der Waals surface area contributed by atoms with Crippen LogP contribution in [0.25, 0.3) is 11.1 Å². The average Bonchev–Trinajstić information content (AvgIpc) is 2.30. The van der Waals surface area contributed by atoms with Gasteiger partial charge in [0.2, 0.25) is 0 Å². The minimum Gasteiger partial charge on any atom is -0.206 e. The maximum atomic E-state index is 13.3. The smallest absolute Gasteiger partial charge is 0.133 e. The maximum absolute atomic E-state index is 13.3. The third-order valence-electron chi connectivity index (χ3n) is 2.03. The molecule has 0 fully saturated rings. The summed E-state index contributed by atoms with van der Waals surface area (Å²) in [6.45, 7) is 1.79. The third-order valence-corrected chi connectivity index (χ3v) is 2.03. The van der Waals surface area contributed by atoms with Crippen LogP contribution in [-0.4, -0.2) is 0 Å². The van der Waals surface area contributed by atoms with Gasteiger partial charge in [0.05, 0.1) is 0 Å². The largest absolute Gasteiger partial charge is 0.206 e. The van der Waals surface area contributed by atoms with Gasteiger partial charge in [-0.1, -0.05) is 30.3 Å². The van der Waals surface area contributed by atoms with Crippen molar-refractivity contribution in [3.8, 4) is 11.1 Å². The number of aryl methyl sites for hydroxylation is 1. The van der Waals surface area contributed by atoms with Gasteiger partial charge in [0.25, 0.3) is 0 Å². The van der Waals surface area contributed by atoms with E-state index in [-0.39, 0.29) is 5.82 Å². The molecule has 2 aliphatic carbocycles. The quantitative estimate of drug-likeness (QED) is 0.555. The molecule has 0 amide bonds. The summed E-state index contributed by atoms with van der Waals surface area (Å²) in [4.78, 5) is 0. The highest BCUT2D eigenvalue weighted by atomic mass is 19.1. The molecule has 0 aromatic carbocycles. The van der Waals surface area contributed by atoms with Crippen LogP contribution in [0.4, 0.5) is 4.39 Å². The fourth-order valence-electron chi connectivity index (χ4n) is 1.40. The molecule has 0 bridgehead atoms. The molecule has 2 aliphatic rings. The molecule has 0 heterocycles. The van der Waals surface area contributed by atoms with Crippen LogP contribution in [0.3, 0.4) is 0 Å². The van der Waals surface area contributed by atoms with Crippen molar-refractivity contribution >= 4 is 0 Å². The van der Waals surface area contributed by atoms with E-state index in [1.165, 1.54) is 0 Å². The third kappa shape index (κ3) is 0.981. The number of rotatable bonds is 0. The average molecular weight is 160 g/mol. The Morgan fingerprint density at radius 1 is 1.08 bits per heavy atom. The van der Waals surface area contributed by atoms with Gasteiger partial charge in [0, 0.05) is 5.56 Å². The molecule has 0 aromatic rings. The molecule has 0 saturated heterocycles. The zero-order valence-corrected chi connectivity index (χ0v) is 6.84. The first-order chi connectivity index (χ1) is 5.79. The van der Waals surface area contributed by atoms with Crippen LogP contribution in [0.5, 0.6) is 0 Å². The Kier molecular flexibility index (Phi) is 1.58. The second-order valence-electron chi connectivity index (χ2n) is 2.92. The van der Waals surface area contributed by atoms with Crippen LogP contribution < -0.4 is 0 Å². The van der Waals surface area contributed by atoms with Crippen molar-refractivity contribution in [3.05, 3.63) is 47.8 Å². The second-order valence-corrected chi connectivity index (χ2v) is 2.92.